The minimum atomic E-state index is -0.879. The number of rotatable bonds is 13. The first kappa shape index (κ1) is 20.2. The average Bonchev–Trinajstić information content (AvgIpc) is 2.48. The average molecular weight is 318 g/mol. The molecule has 0 amide bonds. The van der Waals surface area contributed by atoms with E-state index in [4.69, 9.17) is 9.84 Å². The van der Waals surface area contributed by atoms with Crippen LogP contribution in [0.4, 0.5) is 4.79 Å². The van der Waals surface area contributed by atoms with Crippen LogP contribution in [0.3, 0.4) is 0 Å². The van der Waals surface area contributed by atoms with Crippen molar-refractivity contribution in [2.24, 2.45) is 0 Å². The van der Waals surface area contributed by atoms with Gasteiger partial charge in [-0.2, -0.15) is 0 Å². The molecule has 0 bridgehead atoms. The number of hydrogen-bond donors (Lipinski definition) is 1. The topological polar surface area (TPSA) is 99.1 Å². The van der Waals surface area contributed by atoms with E-state index in [1.54, 1.807) is 0 Å². The fourth-order valence-electron chi connectivity index (χ4n) is 1.88. The van der Waals surface area contributed by atoms with Crippen molar-refractivity contribution in [3.05, 3.63) is 0 Å². The van der Waals surface area contributed by atoms with Gasteiger partial charge in [-0.1, -0.05) is 38.5 Å². The zero-order chi connectivity index (χ0) is 16.6. The van der Waals surface area contributed by atoms with Crippen molar-refractivity contribution >= 4 is 18.1 Å². The lowest BCUT2D eigenvalue weighted by Crippen LogP contribution is -2.12. The molecule has 0 unspecified atom stereocenters. The molecular formula is C15H26O7. The molecule has 0 rings (SSSR count). The lowest BCUT2D eigenvalue weighted by atomic mass is 10.1. The number of aliphatic carboxylic acids is 1. The molecular weight excluding hydrogens is 292 g/mol. The summed E-state index contributed by atoms with van der Waals surface area (Å²) in [5.74, 6) is -1.12. The summed E-state index contributed by atoms with van der Waals surface area (Å²) >= 11 is 0. The molecule has 0 aliphatic heterocycles. The third kappa shape index (κ3) is 14.6. The van der Waals surface area contributed by atoms with Crippen molar-refractivity contribution in [2.45, 2.75) is 64.2 Å². The van der Waals surface area contributed by atoms with Gasteiger partial charge < -0.3 is 19.3 Å². The number of carboxylic acid groups (broad SMARTS) is 1. The number of carbonyl (C=O) groups excluding carboxylic acids is 2. The van der Waals surface area contributed by atoms with Gasteiger partial charge in [0, 0.05) is 12.8 Å². The number of carboxylic acids is 1. The lowest BCUT2D eigenvalue weighted by molar-refractivity contribution is -0.153. The molecule has 0 aromatic heterocycles. The standard InChI is InChI=1S/C15H26O7/c1-20-15(19)22-12-21-14(18)11-9-7-5-3-2-4-6-8-10-13(16)17/h2-12H2,1H3,(H,16,17). The minimum absolute atomic E-state index is 0.252. The van der Waals surface area contributed by atoms with Crippen LogP contribution in [0, 0.1) is 0 Å². The molecule has 0 aliphatic rings. The molecule has 0 aromatic carbocycles. The van der Waals surface area contributed by atoms with E-state index in [1.807, 2.05) is 0 Å². The van der Waals surface area contributed by atoms with Gasteiger partial charge in [0.05, 0.1) is 7.11 Å². The van der Waals surface area contributed by atoms with Crippen molar-refractivity contribution in [3.8, 4) is 0 Å². The highest BCUT2D eigenvalue weighted by atomic mass is 16.8. The Hall–Kier alpha value is -1.79. The van der Waals surface area contributed by atoms with Crippen LogP contribution < -0.4 is 0 Å². The Bertz CT molecular complexity index is 328. The Kier molecular flexibility index (Phi) is 13.0. The molecule has 7 nitrogen and oxygen atoms in total. The van der Waals surface area contributed by atoms with Gasteiger partial charge in [0.1, 0.15) is 0 Å². The zero-order valence-electron chi connectivity index (χ0n) is 13.2. The van der Waals surface area contributed by atoms with E-state index in [9.17, 15) is 14.4 Å². The van der Waals surface area contributed by atoms with E-state index in [-0.39, 0.29) is 6.42 Å². The van der Waals surface area contributed by atoms with Crippen molar-refractivity contribution in [1.29, 1.82) is 0 Å². The first-order chi connectivity index (χ1) is 10.6. The number of ether oxygens (including phenoxy) is 3. The maximum Gasteiger partial charge on any atom is 0.510 e. The van der Waals surface area contributed by atoms with Crippen LogP contribution in [-0.2, 0) is 23.8 Å². The Balaban J connectivity index is 3.23. The van der Waals surface area contributed by atoms with E-state index in [2.05, 4.69) is 9.47 Å². The van der Waals surface area contributed by atoms with Gasteiger partial charge >= 0.3 is 18.1 Å². The van der Waals surface area contributed by atoms with Gasteiger partial charge in [0.15, 0.2) is 0 Å². The molecule has 1 N–H and O–H groups in total. The molecule has 0 saturated heterocycles. The number of hydrogen-bond acceptors (Lipinski definition) is 6. The van der Waals surface area contributed by atoms with Gasteiger partial charge in [-0.05, 0) is 12.8 Å². The number of methoxy groups -OCH3 is 1. The Labute approximate surface area is 130 Å². The predicted octanol–water partition coefficient (Wildman–Crippen LogP) is 3.26. The molecule has 0 atom stereocenters. The van der Waals surface area contributed by atoms with Crippen LogP contribution in [0.5, 0.6) is 0 Å². The Morgan fingerprint density at radius 2 is 1.27 bits per heavy atom. The molecule has 0 aliphatic carbocycles. The molecule has 22 heavy (non-hydrogen) atoms. The largest absolute Gasteiger partial charge is 0.510 e. The molecule has 128 valence electrons. The molecule has 0 fully saturated rings. The maximum atomic E-state index is 11.3. The van der Waals surface area contributed by atoms with Crippen LogP contribution in [0.15, 0.2) is 0 Å². The maximum absolute atomic E-state index is 11.3. The van der Waals surface area contributed by atoms with Crippen LogP contribution >= 0.6 is 0 Å². The number of unbranched alkanes of at least 4 members (excludes halogenated alkanes) is 7. The Morgan fingerprint density at radius 1 is 0.773 bits per heavy atom. The second-order valence-electron chi connectivity index (χ2n) is 4.95. The molecule has 7 heteroatoms. The lowest BCUT2D eigenvalue weighted by Gasteiger charge is -2.05. The van der Waals surface area contributed by atoms with Crippen molar-refractivity contribution in [2.75, 3.05) is 13.9 Å². The van der Waals surface area contributed by atoms with Crippen LogP contribution in [0.1, 0.15) is 64.2 Å². The normalized spacial score (nSPS) is 10.0. The second-order valence-corrected chi connectivity index (χ2v) is 4.95. The first-order valence-electron chi connectivity index (χ1n) is 7.64. The molecule has 0 radical (unpaired) electrons. The van der Waals surface area contributed by atoms with E-state index in [1.165, 1.54) is 7.11 Å². The van der Waals surface area contributed by atoms with Gasteiger partial charge in [0.2, 0.25) is 6.79 Å². The minimum Gasteiger partial charge on any atom is -0.481 e. The smallest absolute Gasteiger partial charge is 0.481 e. The monoisotopic (exact) mass is 318 g/mol. The van der Waals surface area contributed by atoms with Gasteiger partial charge in [0.25, 0.3) is 0 Å². The predicted molar refractivity (Wildman–Crippen MR) is 78.3 cm³/mol. The molecule has 0 aromatic rings. The van der Waals surface area contributed by atoms with Gasteiger partial charge in [-0.25, -0.2) is 4.79 Å². The third-order valence-corrected chi connectivity index (χ3v) is 3.08. The summed E-state index contributed by atoms with van der Waals surface area (Å²) in [6.07, 6.45) is 7.36. The highest BCUT2D eigenvalue weighted by Crippen LogP contribution is 2.10. The van der Waals surface area contributed by atoms with Crippen molar-refractivity contribution in [1.82, 2.24) is 0 Å². The number of esters is 1. The number of carbonyl (C=O) groups is 3. The van der Waals surface area contributed by atoms with Gasteiger partial charge in [-0.3, -0.25) is 9.59 Å². The fourth-order valence-corrected chi connectivity index (χ4v) is 1.88. The van der Waals surface area contributed by atoms with Crippen LogP contribution in [0.2, 0.25) is 0 Å². The summed E-state index contributed by atoms with van der Waals surface area (Å²) in [6.45, 7) is -0.415. The highest BCUT2D eigenvalue weighted by Gasteiger charge is 2.05. The Morgan fingerprint density at radius 3 is 1.77 bits per heavy atom. The third-order valence-electron chi connectivity index (χ3n) is 3.08. The van der Waals surface area contributed by atoms with Crippen molar-refractivity contribution in [3.63, 3.8) is 0 Å². The summed E-state index contributed by atoms with van der Waals surface area (Å²) < 4.78 is 13.3. The summed E-state index contributed by atoms with van der Waals surface area (Å²) in [6, 6.07) is 0. The first-order valence-corrected chi connectivity index (χ1v) is 7.64. The van der Waals surface area contributed by atoms with E-state index < -0.39 is 24.9 Å². The van der Waals surface area contributed by atoms with Crippen LogP contribution in [-0.4, -0.2) is 37.1 Å². The summed E-state index contributed by atoms with van der Waals surface area (Å²) in [5, 5.41) is 8.48. The fraction of sp³-hybridized carbons (Fsp3) is 0.800. The quantitative estimate of drug-likeness (QED) is 0.316. The highest BCUT2D eigenvalue weighted by molar-refractivity contribution is 5.69. The second kappa shape index (κ2) is 14.2. The molecule has 0 heterocycles. The SMILES string of the molecule is COC(=O)OCOC(=O)CCCCCCCCCCC(=O)O. The van der Waals surface area contributed by atoms with Crippen molar-refractivity contribution < 1.29 is 33.7 Å². The molecule has 0 saturated carbocycles. The van der Waals surface area contributed by atoms with E-state index in [0.29, 0.717) is 6.42 Å². The summed E-state index contributed by atoms with van der Waals surface area (Å²) in [4.78, 5) is 32.2. The van der Waals surface area contributed by atoms with E-state index >= 15 is 0 Å². The van der Waals surface area contributed by atoms with E-state index in [0.717, 1.165) is 51.4 Å². The summed E-state index contributed by atoms with van der Waals surface area (Å²) in [5.41, 5.74) is 0. The zero-order valence-corrected chi connectivity index (χ0v) is 13.2. The summed E-state index contributed by atoms with van der Waals surface area (Å²) in [7, 11) is 1.18. The molecule has 0 spiro atoms. The van der Waals surface area contributed by atoms with Gasteiger partial charge in [-0.15, -0.1) is 0 Å². The van der Waals surface area contributed by atoms with Crippen LogP contribution in [0.25, 0.3) is 0 Å².